The van der Waals surface area contributed by atoms with Crippen LogP contribution in [0.2, 0.25) is 0 Å². The number of carbonyl (C=O) groups excluding carboxylic acids is 1. The van der Waals surface area contributed by atoms with Crippen molar-refractivity contribution < 1.29 is 4.79 Å². The van der Waals surface area contributed by atoms with Crippen LogP contribution >= 0.6 is 0 Å². The van der Waals surface area contributed by atoms with Crippen molar-refractivity contribution in [1.29, 1.82) is 0 Å². The molecule has 0 spiro atoms. The predicted molar refractivity (Wildman–Crippen MR) is 106 cm³/mol. The molecule has 8 heteroatoms. The van der Waals surface area contributed by atoms with E-state index in [1.807, 2.05) is 6.92 Å². The molecule has 0 radical (unpaired) electrons. The summed E-state index contributed by atoms with van der Waals surface area (Å²) in [4.78, 5) is 45.4. The van der Waals surface area contributed by atoms with Crippen molar-refractivity contribution in [2.24, 2.45) is 0 Å². The average molecular weight is 373 g/mol. The highest BCUT2D eigenvalue weighted by Gasteiger charge is 2.25. The Hall–Kier alpha value is -2.90. The number of pyridine rings is 1. The molecule has 27 heavy (non-hydrogen) atoms. The van der Waals surface area contributed by atoms with Crippen LogP contribution in [0.1, 0.15) is 56.4 Å². The maximum atomic E-state index is 13.0. The van der Waals surface area contributed by atoms with Gasteiger partial charge in [0.1, 0.15) is 11.5 Å². The largest absolute Gasteiger partial charge is 0.383 e. The number of aromatic amines is 1. The normalized spacial score (nSPS) is 10.7. The van der Waals surface area contributed by atoms with Gasteiger partial charge in [0, 0.05) is 19.3 Å². The van der Waals surface area contributed by atoms with Gasteiger partial charge >= 0.3 is 5.69 Å². The van der Waals surface area contributed by atoms with Crippen molar-refractivity contribution in [2.75, 3.05) is 17.2 Å². The molecule has 1 amide bonds. The lowest BCUT2D eigenvalue weighted by Crippen LogP contribution is -2.42. The van der Waals surface area contributed by atoms with E-state index in [-0.39, 0.29) is 17.2 Å². The van der Waals surface area contributed by atoms with Crippen LogP contribution in [-0.4, -0.2) is 27.0 Å². The fourth-order valence-corrected chi connectivity index (χ4v) is 2.84. The predicted octanol–water partition coefficient (Wildman–Crippen LogP) is 2.15. The molecule has 0 aliphatic carbocycles. The van der Waals surface area contributed by atoms with Gasteiger partial charge in [-0.1, -0.05) is 39.2 Å². The number of H-pyrrole nitrogens is 1. The Morgan fingerprint density at radius 3 is 2.56 bits per heavy atom. The van der Waals surface area contributed by atoms with Gasteiger partial charge in [-0.15, -0.1) is 0 Å². The van der Waals surface area contributed by atoms with Crippen LogP contribution in [0, 0.1) is 0 Å². The number of amides is 1. The Kier molecular flexibility index (Phi) is 7.34. The van der Waals surface area contributed by atoms with Gasteiger partial charge in [0.05, 0.1) is 0 Å². The van der Waals surface area contributed by atoms with Crippen LogP contribution in [-0.2, 0) is 6.54 Å². The Labute approximate surface area is 158 Å². The van der Waals surface area contributed by atoms with Crippen molar-refractivity contribution in [2.45, 2.75) is 52.5 Å². The molecule has 0 saturated carbocycles. The minimum Gasteiger partial charge on any atom is -0.383 e. The third-order valence-electron chi connectivity index (χ3n) is 4.33. The number of anilines is 2. The molecule has 0 aliphatic rings. The Balaban J connectivity index is 2.53. The fourth-order valence-electron chi connectivity index (χ4n) is 2.84. The molecular formula is C19H27N5O3. The highest BCUT2D eigenvalue weighted by atomic mass is 16.2. The summed E-state index contributed by atoms with van der Waals surface area (Å²) in [5.74, 6) is -0.400. The summed E-state index contributed by atoms with van der Waals surface area (Å²) in [6.45, 7) is 4.75. The molecular weight excluding hydrogens is 346 g/mol. The number of hydrogen-bond donors (Lipinski definition) is 2. The molecule has 0 fully saturated rings. The monoisotopic (exact) mass is 373 g/mol. The molecule has 2 heterocycles. The van der Waals surface area contributed by atoms with E-state index in [0.717, 1.165) is 25.7 Å². The lowest BCUT2D eigenvalue weighted by molar-refractivity contribution is 0.0981. The zero-order valence-corrected chi connectivity index (χ0v) is 15.9. The molecule has 2 aromatic rings. The topological polar surface area (TPSA) is 114 Å². The maximum Gasteiger partial charge on any atom is 0.330 e. The summed E-state index contributed by atoms with van der Waals surface area (Å²) in [5.41, 5.74) is 5.19. The first-order chi connectivity index (χ1) is 13.0. The summed E-state index contributed by atoms with van der Waals surface area (Å²) in [7, 11) is 0. The van der Waals surface area contributed by atoms with E-state index in [1.165, 1.54) is 15.7 Å². The fraction of sp³-hybridized carbons (Fsp3) is 0.474. The zero-order valence-electron chi connectivity index (χ0n) is 15.9. The Morgan fingerprint density at radius 2 is 1.93 bits per heavy atom. The number of nitrogens with two attached hydrogens (primary N) is 1. The van der Waals surface area contributed by atoms with E-state index >= 15 is 0 Å². The average Bonchev–Trinajstić information content (AvgIpc) is 2.66. The van der Waals surface area contributed by atoms with Crippen molar-refractivity contribution in [3.63, 3.8) is 0 Å². The van der Waals surface area contributed by atoms with E-state index in [2.05, 4.69) is 16.9 Å². The molecule has 2 rings (SSSR count). The second-order valence-corrected chi connectivity index (χ2v) is 6.38. The molecule has 146 valence electrons. The van der Waals surface area contributed by atoms with Crippen molar-refractivity contribution in [1.82, 2.24) is 14.5 Å². The second kappa shape index (κ2) is 9.70. The van der Waals surface area contributed by atoms with Gasteiger partial charge in [0.25, 0.3) is 11.5 Å². The molecule has 0 saturated heterocycles. The second-order valence-electron chi connectivity index (χ2n) is 6.38. The Bertz CT molecular complexity index is 873. The van der Waals surface area contributed by atoms with Crippen LogP contribution in [0.4, 0.5) is 11.5 Å². The highest BCUT2D eigenvalue weighted by molar-refractivity contribution is 6.05. The number of unbranched alkanes of at least 4 members (excludes halogenated alkanes) is 3. The standard InChI is InChI=1S/C19H27N5O3/c1-3-5-9-13-23(18(26)14-10-7-8-11-21-14)15-16(20)24(12-6-4-2)19(27)22-17(15)25/h7-8,10-11H,3-6,9,12-13,20H2,1-2H3,(H,22,25,27). The van der Waals surface area contributed by atoms with E-state index in [0.29, 0.717) is 19.5 Å². The van der Waals surface area contributed by atoms with Crippen molar-refractivity contribution >= 4 is 17.4 Å². The lowest BCUT2D eigenvalue weighted by Gasteiger charge is -2.24. The number of nitrogen functional groups attached to an aromatic ring is 1. The van der Waals surface area contributed by atoms with E-state index in [9.17, 15) is 14.4 Å². The van der Waals surface area contributed by atoms with Crippen LogP contribution in [0.25, 0.3) is 0 Å². The molecule has 2 aromatic heterocycles. The van der Waals surface area contributed by atoms with Gasteiger partial charge in [0.2, 0.25) is 0 Å². The van der Waals surface area contributed by atoms with Crippen molar-refractivity contribution in [3.05, 3.63) is 50.9 Å². The van der Waals surface area contributed by atoms with Gasteiger partial charge in [-0.3, -0.25) is 29.0 Å². The van der Waals surface area contributed by atoms with Gasteiger partial charge in [-0.25, -0.2) is 4.79 Å². The van der Waals surface area contributed by atoms with Gasteiger partial charge in [-0.05, 0) is 25.0 Å². The minimum absolute atomic E-state index is 0.0115. The summed E-state index contributed by atoms with van der Waals surface area (Å²) in [5, 5.41) is 0. The van der Waals surface area contributed by atoms with Crippen LogP contribution in [0.3, 0.4) is 0 Å². The number of hydrogen-bond acceptors (Lipinski definition) is 5. The summed E-state index contributed by atoms with van der Waals surface area (Å²) < 4.78 is 1.32. The number of nitrogens with one attached hydrogen (secondary N) is 1. The number of carbonyl (C=O) groups is 1. The van der Waals surface area contributed by atoms with Crippen LogP contribution < -0.4 is 21.9 Å². The molecule has 0 bridgehead atoms. The minimum atomic E-state index is -0.661. The third kappa shape index (κ3) is 4.84. The quantitative estimate of drug-likeness (QED) is 0.654. The highest BCUT2D eigenvalue weighted by Crippen LogP contribution is 2.20. The maximum absolute atomic E-state index is 13.0. The van der Waals surface area contributed by atoms with Gasteiger partial charge in [0.15, 0.2) is 5.69 Å². The van der Waals surface area contributed by atoms with Crippen LogP contribution in [0.15, 0.2) is 34.0 Å². The Morgan fingerprint density at radius 1 is 1.19 bits per heavy atom. The van der Waals surface area contributed by atoms with Gasteiger partial charge in [-0.2, -0.15) is 0 Å². The SMILES string of the molecule is CCCCCN(C(=O)c1ccccn1)c1c(N)n(CCCC)c(=O)[nH]c1=O. The molecule has 0 aromatic carbocycles. The van der Waals surface area contributed by atoms with E-state index < -0.39 is 17.2 Å². The van der Waals surface area contributed by atoms with E-state index in [1.54, 1.807) is 18.2 Å². The number of aromatic nitrogens is 3. The van der Waals surface area contributed by atoms with Gasteiger partial charge < -0.3 is 5.73 Å². The first-order valence-electron chi connectivity index (χ1n) is 9.36. The third-order valence-corrected chi connectivity index (χ3v) is 4.33. The first kappa shape index (κ1) is 20.4. The first-order valence-corrected chi connectivity index (χ1v) is 9.36. The molecule has 3 N–H and O–H groups in total. The smallest absolute Gasteiger partial charge is 0.330 e. The molecule has 0 atom stereocenters. The molecule has 8 nitrogen and oxygen atoms in total. The van der Waals surface area contributed by atoms with Crippen LogP contribution in [0.5, 0.6) is 0 Å². The summed E-state index contributed by atoms with van der Waals surface area (Å²) >= 11 is 0. The number of nitrogens with zero attached hydrogens (tertiary/aromatic N) is 3. The zero-order chi connectivity index (χ0) is 19.8. The molecule has 0 unspecified atom stereocenters. The lowest BCUT2D eigenvalue weighted by atomic mass is 10.2. The van der Waals surface area contributed by atoms with E-state index in [4.69, 9.17) is 5.73 Å². The number of rotatable bonds is 9. The summed E-state index contributed by atoms with van der Waals surface area (Å²) in [6, 6.07) is 5.01. The van der Waals surface area contributed by atoms with Crippen molar-refractivity contribution in [3.8, 4) is 0 Å². The molecule has 0 aliphatic heterocycles. The summed E-state index contributed by atoms with van der Waals surface area (Å²) in [6.07, 6.45) is 5.70.